The van der Waals surface area contributed by atoms with Crippen LogP contribution in [0.5, 0.6) is 0 Å². The number of fused-ring (bicyclic) bond motifs is 1. The van der Waals surface area contributed by atoms with Gasteiger partial charge in [-0.05, 0) is 60.9 Å². The molecule has 1 amide bonds. The Hall–Kier alpha value is -2.63. The monoisotopic (exact) mass is 385 g/mol. The Morgan fingerprint density at radius 2 is 1.61 bits per heavy atom. The van der Waals surface area contributed by atoms with Crippen LogP contribution in [0.1, 0.15) is 18.4 Å². The van der Waals surface area contributed by atoms with E-state index in [0.717, 1.165) is 49.4 Å². The number of rotatable bonds is 4. The molecule has 0 unspecified atom stereocenters. The van der Waals surface area contributed by atoms with Crippen molar-refractivity contribution in [2.24, 2.45) is 0 Å². The van der Waals surface area contributed by atoms with E-state index in [9.17, 15) is 13.6 Å². The van der Waals surface area contributed by atoms with Gasteiger partial charge in [0.15, 0.2) is 0 Å². The largest absolute Gasteiger partial charge is 0.371 e. The molecule has 0 saturated carbocycles. The fourth-order valence-corrected chi connectivity index (χ4v) is 4.13. The third-order valence-corrected chi connectivity index (χ3v) is 5.68. The molecule has 4 nitrogen and oxygen atoms in total. The maximum Gasteiger partial charge on any atom is 0.224 e. The standard InChI is InChI=1S/C22H25F2N3O/c23-18-3-6-20(7-4-18)25-12-14-27(15-13-25)22(28)9-11-26-10-1-2-17-16-19(24)5-8-21(17)26/h3-8,16H,1-2,9-15H2. The Morgan fingerprint density at radius 3 is 2.36 bits per heavy atom. The zero-order valence-electron chi connectivity index (χ0n) is 15.9. The molecule has 1 fully saturated rings. The number of nitrogens with zero attached hydrogens (tertiary/aromatic N) is 3. The van der Waals surface area contributed by atoms with Crippen molar-refractivity contribution in [2.75, 3.05) is 49.1 Å². The maximum absolute atomic E-state index is 13.5. The van der Waals surface area contributed by atoms with E-state index in [1.807, 2.05) is 11.0 Å². The number of hydrogen-bond donors (Lipinski definition) is 0. The molecule has 2 heterocycles. The number of aryl methyl sites for hydroxylation is 1. The normalized spacial score (nSPS) is 16.9. The summed E-state index contributed by atoms with van der Waals surface area (Å²) >= 11 is 0. The summed E-state index contributed by atoms with van der Waals surface area (Å²) in [6.07, 6.45) is 2.34. The van der Waals surface area contributed by atoms with Crippen molar-refractivity contribution in [2.45, 2.75) is 19.3 Å². The molecule has 2 aliphatic heterocycles. The summed E-state index contributed by atoms with van der Waals surface area (Å²) in [5.41, 5.74) is 3.08. The van der Waals surface area contributed by atoms with Crippen LogP contribution in [0.25, 0.3) is 0 Å². The lowest BCUT2D eigenvalue weighted by Gasteiger charge is -2.37. The predicted octanol–water partition coefficient (Wildman–Crippen LogP) is 3.46. The molecular formula is C22H25F2N3O. The van der Waals surface area contributed by atoms with Crippen LogP contribution in [0.3, 0.4) is 0 Å². The van der Waals surface area contributed by atoms with Gasteiger partial charge in [0, 0.05) is 57.1 Å². The first-order valence-corrected chi connectivity index (χ1v) is 9.92. The van der Waals surface area contributed by atoms with Crippen molar-refractivity contribution in [3.8, 4) is 0 Å². The SMILES string of the molecule is O=C(CCN1CCCc2cc(F)ccc21)N1CCN(c2ccc(F)cc2)CC1. The van der Waals surface area contributed by atoms with Crippen LogP contribution in [-0.4, -0.2) is 50.1 Å². The molecule has 0 aromatic heterocycles. The van der Waals surface area contributed by atoms with Crippen molar-refractivity contribution in [1.29, 1.82) is 0 Å². The first-order valence-electron chi connectivity index (χ1n) is 9.92. The Bertz CT molecular complexity index is 832. The van der Waals surface area contributed by atoms with Gasteiger partial charge in [0.25, 0.3) is 0 Å². The minimum Gasteiger partial charge on any atom is -0.371 e. The summed E-state index contributed by atoms with van der Waals surface area (Å²) in [6, 6.07) is 11.4. The van der Waals surface area contributed by atoms with E-state index in [-0.39, 0.29) is 17.5 Å². The van der Waals surface area contributed by atoms with Crippen LogP contribution in [0, 0.1) is 11.6 Å². The zero-order chi connectivity index (χ0) is 19.5. The van der Waals surface area contributed by atoms with E-state index < -0.39 is 0 Å². The number of carbonyl (C=O) groups is 1. The molecule has 28 heavy (non-hydrogen) atoms. The molecule has 2 aromatic rings. The highest BCUT2D eigenvalue weighted by atomic mass is 19.1. The van der Waals surface area contributed by atoms with Gasteiger partial charge in [-0.2, -0.15) is 0 Å². The average molecular weight is 385 g/mol. The number of benzene rings is 2. The third-order valence-electron chi connectivity index (χ3n) is 5.68. The average Bonchev–Trinajstić information content (AvgIpc) is 2.72. The molecule has 0 aliphatic carbocycles. The second-order valence-corrected chi connectivity index (χ2v) is 7.46. The third kappa shape index (κ3) is 4.11. The maximum atomic E-state index is 13.5. The fraction of sp³-hybridized carbons (Fsp3) is 0.409. The lowest BCUT2D eigenvalue weighted by molar-refractivity contribution is -0.131. The van der Waals surface area contributed by atoms with Crippen LogP contribution in [-0.2, 0) is 11.2 Å². The van der Waals surface area contributed by atoms with Gasteiger partial charge < -0.3 is 14.7 Å². The van der Waals surface area contributed by atoms with Gasteiger partial charge in [-0.3, -0.25) is 4.79 Å². The van der Waals surface area contributed by atoms with Crippen molar-refractivity contribution in [3.63, 3.8) is 0 Å². The lowest BCUT2D eigenvalue weighted by Crippen LogP contribution is -2.49. The molecule has 148 valence electrons. The highest BCUT2D eigenvalue weighted by molar-refractivity contribution is 5.77. The molecule has 0 radical (unpaired) electrons. The number of carbonyl (C=O) groups excluding carboxylic acids is 1. The first-order chi connectivity index (χ1) is 13.6. The summed E-state index contributed by atoms with van der Waals surface area (Å²) in [5.74, 6) is -0.275. The van der Waals surface area contributed by atoms with Crippen molar-refractivity contribution < 1.29 is 13.6 Å². The van der Waals surface area contributed by atoms with E-state index in [4.69, 9.17) is 0 Å². The minimum absolute atomic E-state index is 0.160. The van der Waals surface area contributed by atoms with Gasteiger partial charge in [0.2, 0.25) is 5.91 Å². The smallest absolute Gasteiger partial charge is 0.224 e. The number of piperazine rings is 1. The summed E-state index contributed by atoms with van der Waals surface area (Å²) < 4.78 is 26.5. The quantitative estimate of drug-likeness (QED) is 0.807. The topological polar surface area (TPSA) is 26.8 Å². The minimum atomic E-state index is -0.236. The molecule has 0 atom stereocenters. The number of hydrogen-bond acceptors (Lipinski definition) is 3. The van der Waals surface area contributed by atoms with Crippen LogP contribution >= 0.6 is 0 Å². The van der Waals surface area contributed by atoms with Crippen LogP contribution in [0.15, 0.2) is 42.5 Å². The fourth-order valence-electron chi connectivity index (χ4n) is 4.13. The van der Waals surface area contributed by atoms with Gasteiger partial charge in [0.05, 0.1) is 0 Å². The van der Waals surface area contributed by atoms with Crippen molar-refractivity contribution in [3.05, 3.63) is 59.7 Å². The second-order valence-electron chi connectivity index (χ2n) is 7.46. The van der Waals surface area contributed by atoms with Crippen LogP contribution in [0.2, 0.25) is 0 Å². The molecule has 0 bridgehead atoms. The Morgan fingerprint density at radius 1 is 0.893 bits per heavy atom. The number of halogens is 2. The van der Waals surface area contributed by atoms with Gasteiger partial charge in [0.1, 0.15) is 11.6 Å². The lowest BCUT2D eigenvalue weighted by atomic mass is 10.0. The molecule has 0 N–H and O–H groups in total. The first kappa shape index (κ1) is 18.7. The molecule has 6 heteroatoms. The predicted molar refractivity (Wildman–Crippen MR) is 107 cm³/mol. The second kappa shape index (κ2) is 8.17. The van der Waals surface area contributed by atoms with Gasteiger partial charge in [-0.1, -0.05) is 0 Å². The van der Waals surface area contributed by atoms with Crippen molar-refractivity contribution in [1.82, 2.24) is 4.90 Å². The van der Waals surface area contributed by atoms with E-state index in [0.29, 0.717) is 26.1 Å². The molecular weight excluding hydrogens is 360 g/mol. The van der Waals surface area contributed by atoms with Crippen LogP contribution in [0.4, 0.5) is 20.2 Å². The highest BCUT2D eigenvalue weighted by Crippen LogP contribution is 2.28. The number of amides is 1. The summed E-state index contributed by atoms with van der Waals surface area (Å²) in [6.45, 7) is 4.43. The summed E-state index contributed by atoms with van der Waals surface area (Å²) in [5, 5.41) is 0. The summed E-state index contributed by atoms with van der Waals surface area (Å²) in [4.78, 5) is 19.0. The molecule has 4 rings (SSSR count). The van der Waals surface area contributed by atoms with Crippen LogP contribution < -0.4 is 9.80 Å². The van der Waals surface area contributed by atoms with E-state index in [1.54, 1.807) is 18.2 Å². The molecule has 0 spiro atoms. The molecule has 2 aromatic carbocycles. The van der Waals surface area contributed by atoms with E-state index in [2.05, 4.69) is 9.80 Å². The Kier molecular flexibility index (Phi) is 5.46. The Balaban J connectivity index is 1.29. The van der Waals surface area contributed by atoms with Crippen molar-refractivity contribution >= 4 is 17.3 Å². The van der Waals surface area contributed by atoms with Gasteiger partial charge in [-0.25, -0.2) is 8.78 Å². The summed E-state index contributed by atoms with van der Waals surface area (Å²) in [7, 11) is 0. The van der Waals surface area contributed by atoms with Gasteiger partial charge >= 0.3 is 0 Å². The van der Waals surface area contributed by atoms with E-state index in [1.165, 1.54) is 18.2 Å². The molecule has 1 saturated heterocycles. The highest BCUT2D eigenvalue weighted by Gasteiger charge is 2.23. The Labute approximate surface area is 164 Å². The van der Waals surface area contributed by atoms with E-state index >= 15 is 0 Å². The van der Waals surface area contributed by atoms with Gasteiger partial charge in [-0.15, -0.1) is 0 Å². The zero-order valence-corrected chi connectivity index (χ0v) is 15.9. The number of anilines is 2. The molecule has 2 aliphatic rings.